The molecular formula is C22H37N3O3. The van der Waals surface area contributed by atoms with Crippen LogP contribution in [0.25, 0.3) is 0 Å². The van der Waals surface area contributed by atoms with Crippen LogP contribution in [0.15, 0.2) is 23.2 Å². The number of guanidine groups is 1. The highest BCUT2D eigenvalue weighted by Gasteiger charge is 2.15. The van der Waals surface area contributed by atoms with E-state index in [4.69, 9.17) is 14.2 Å². The molecule has 1 unspecified atom stereocenters. The lowest BCUT2D eigenvalue weighted by atomic mass is 10.1. The van der Waals surface area contributed by atoms with Crippen LogP contribution in [0.1, 0.15) is 37.3 Å². The van der Waals surface area contributed by atoms with Crippen LogP contribution in [0, 0.1) is 19.8 Å². The first-order valence-electron chi connectivity index (χ1n) is 10.6. The van der Waals surface area contributed by atoms with Crippen molar-refractivity contribution in [3.63, 3.8) is 0 Å². The van der Waals surface area contributed by atoms with Crippen molar-refractivity contribution in [1.29, 1.82) is 0 Å². The molecule has 28 heavy (non-hydrogen) atoms. The largest absolute Gasteiger partial charge is 0.493 e. The van der Waals surface area contributed by atoms with E-state index < -0.39 is 0 Å². The van der Waals surface area contributed by atoms with Crippen molar-refractivity contribution < 1.29 is 14.2 Å². The minimum atomic E-state index is 0.581. The molecule has 2 rings (SSSR count). The number of aliphatic imine (C=N–C) groups is 1. The smallest absolute Gasteiger partial charge is 0.191 e. The van der Waals surface area contributed by atoms with Gasteiger partial charge in [-0.1, -0.05) is 18.2 Å². The molecule has 158 valence electrons. The number of aryl methyl sites for hydroxylation is 2. The molecular weight excluding hydrogens is 354 g/mol. The molecule has 0 bridgehead atoms. The third kappa shape index (κ3) is 8.48. The van der Waals surface area contributed by atoms with Gasteiger partial charge in [-0.3, -0.25) is 4.99 Å². The van der Waals surface area contributed by atoms with Gasteiger partial charge in [-0.2, -0.15) is 0 Å². The number of para-hydroxylation sites is 1. The van der Waals surface area contributed by atoms with E-state index in [1.807, 2.05) is 0 Å². The van der Waals surface area contributed by atoms with E-state index in [1.165, 1.54) is 11.1 Å². The number of hydrogen-bond donors (Lipinski definition) is 2. The average molecular weight is 392 g/mol. The molecule has 2 N–H and O–H groups in total. The Labute approximate surface area is 170 Å². The lowest BCUT2D eigenvalue weighted by Gasteiger charge is -2.13. The summed E-state index contributed by atoms with van der Waals surface area (Å²) in [7, 11) is 0. The summed E-state index contributed by atoms with van der Waals surface area (Å²) in [6.45, 7) is 12.7. The van der Waals surface area contributed by atoms with E-state index in [9.17, 15) is 0 Å². The summed E-state index contributed by atoms with van der Waals surface area (Å²) in [4.78, 5) is 4.63. The predicted octanol–water partition coefficient (Wildman–Crippen LogP) is 3.07. The number of nitrogens with one attached hydrogen (secondary N) is 2. The van der Waals surface area contributed by atoms with Crippen LogP contribution in [0.5, 0.6) is 5.75 Å². The maximum atomic E-state index is 5.94. The summed E-state index contributed by atoms with van der Waals surface area (Å²) in [6, 6.07) is 6.22. The van der Waals surface area contributed by atoms with Gasteiger partial charge in [0.1, 0.15) is 5.75 Å². The van der Waals surface area contributed by atoms with Crippen LogP contribution in [0.3, 0.4) is 0 Å². The lowest BCUT2D eigenvalue weighted by molar-refractivity contribution is 0.0888. The fourth-order valence-electron chi connectivity index (χ4n) is 3.14. The van der Waals surface area contributed by atoms with Crippen molar-refractivity contribution in [2.24, 2.45) is 10.9 Å². The Morgan fingerprint density at radius 2 is 2.00 bits per heavy atom. The Kier molecular flexibility index (Phi) is 10.8. The van der Waals surface area contributed by atoms with E-state index in [0.29, 0.717) is 12.5 Å². The quantitative estimate of drug-likeness (QED) is 0.326. The molecule has 0 spiro atoms. The van der Waals surface area contributed by atoms with Gasteiger partial charge < -0.3 is 24.8 Å². The highest BCUT2D eigenvalue weighted by molar-refractivity contribution is 5.79. The van der Waals surface area contributed by atoms with Crippen LogP contribution < -0.4 is 15.4 Å². The normalized spacial score (nSPS) is 17.0. The van der Waals surface area contributed by atoms with E-state index in [1.54, 1.807) is 0 Å². The Balaban J connectivity index is 1.57. The Bertz CT molecular complexity index is 566. The summed E-state index contributed by atoms with van der Waals surface area (Å²) >= 11 is 0. The van der Waals surface area contributed by atoms with Gasteiger partial charge in [-0.15, -0.1) is 0 Å². The van der Waals surface area contributed by atoms with Gasteiger partial charge in [0.15, 0.2) is 5.96 Å². The molecule has 1 aromatic rings. The zero-order valence-electron chi connectivity index (χ0n) is 17.8. The van der Waals surface area contributed by atoms with Crippen LogP contribution in [-0.4, -0.2) is 58.6 Å². The van der Waals surface area contributed by atoms with Gasteiger partial charge in [0, 0.05) is 45.2 Å². The number of nitrogens with zero attached hydrogens (tertiary/aromatic N) is 1. The van der Waals surface area contributed by atoms with Crippen molar-refractivity contribution in [1.82, 2.24) is 10.6 Å². The second-order valence-corrected chi connectivity index (χ2v) is 7.27. The molecule has 1 aromatic carbocycles. The summed E-state index contributed by atoms with van der Waals surface area (Å²) in [5, 5.41) is 6.66. The van der Waals surface area contributed by atoms with Crippen LogP contribution in [0.2, 0.25) is 0 Å². The van der Waals surface area contributed by atoms with Gasteiger partial charge in [0.25, 0.3) is 0 Å². The monoisotopic (exact) mass is 391 g/mol. The first kappa shape index (κ1) is 22.5. The zero-order chi connectivity index (χ0) is 20.0. The molecule has 1 fully saturated rings. The van der Waals surface area contributed by atoms with E-state index >= 15 is 0 Å². The first-order valence-corrected chi connectivity index (χ1v) is 10.6. The summed E-state index contributed by atoms with van der Waals surface area (Å²) in [6.07, 6.45) is 2.98. The maximum absolute atomic E-state index is 5.94. The van der Waals surface area contributed by atoms with Crippen molar-refractivity contribution in [3.05, 3.63) is 29.3 Å². The molecule has 6 heteroatoms. The summed E-state index contributed by atoms with van der Waals surface area (Å²) < 4.78 is 17.0. The number of ether oxygens (including phenoxy) is 3. The molecule has 1 atom stereocenters. The minimum absolute atomic E-state index is 0.581. The zero-order valence-corrected chi connectivity index (χ0v) is 17.8. The fraction of sp³-hybridized carbons (Fsp3) is 0.682. The van der Waals surface area contributed by atoms with E-state index in [2.05, 4.69) is 54.6 Å². The molecule has 1 saturated heterocycles. The minimum Gasteiger partial charge on any atom is -0.493 e. The van der Waals surface area contributed by atoms with Crippen LogP contribution >= 0.6 is 0 Å². The van der Waals surface area contributed by atoms with E-state index in [0.717, 1.165) is 77.0 Å². The first-order chi connectivity index (χ1) is 13.7. The Morgan fingerprint density at radius 3 is 2.71 bits per heavy atom. The van der Waals surface area contributed by atoms with Crippen LogP contribution in [-0.2, 0) is 9.47 Å². The van der Waals surface area contributed by atoms with Gasteiger partial charge in [0.2, 0.25) is 0 Å². The van der Waals surface area contributed by atoms with Gasteiger partial charge in [0.05, 0.1) is 19.8 Å². The second-order valence-electron chi connectivity index (χ2n) is 7.27. The standard InChI is InChI=1S/C22H37N3O3/c1-4-23-22(24-11-6-13-26-16-20-10-15-27-17-20)25-12-7-14-28-21-18(2)8-5-9-19(21)3/h5,8-9,20H,4,6-7,10-17H2,1-3H3,(H2,23,24,25). The molecule has 1 aliphatic rings. The lowest BCUT2D eigenvalue weighted by Crippen LogP contribution is -2.38. The van der Waals surface area contributed by atoms with Gasteiger partial charge >= 0.3 is 0 Å². The van der Waals surface area contributed by atoms with E-state index in [-0.39, 0.29) is 0 Å². The Hall–Kier alpha value is -1.79. The Morgan fingerprint density at radius 1 is 1.18 bits per heavy atom. The molecule has 0 aliphatic carbocycles. The van der Waals surface area contributed by atoms with Crippen molar-refractivity contribution >= 4 is 5.96 Å². The summed E-state index contributed by atoms with van der Waals surface area (Å²) in [5.74, 6) is 2.44. The molecule has 0 radical (unpaired) electrons. The van der Waals surface area contributed by atoms with Gasteiger partial charge in [-0.25, -0.2) is 0 Å². The molecule has 0 saturated carbocycles. The summed E-state index contributed by atoms with van der Waals surface area (Å²) in [5.41, 5.74) is 2.36. The molecule has 0 amide bonds. The molecule has 1 aliphatic heterocycles. The molecule has 0 aromatic heterocycles. The average Bonchev–Trinajstić information content (AvgIpc) is 3.19. The van der Waals surface area contributed by atoms with Gasteiger partial charge in [-0.05, 0) is 44.7 Å². The van der Waals surface area contributed by atoms with Crippen molar-refractivity contribution in [2.75, 3.05) is 52.7 Å². The molecule has 1 heterocycles. The number of rotatable bonds is 12. The van der Waals surface area contributed by atoms with Crippen LogP contribution in [0.4, 0.5) is 0 Å². The number of hydrogen-bond acceptors (Lipinski definition) is 4. The van der Waals surface area contributed by atoms with Crippen molar-refractivity contribution in [2.45, 2.75) is 40.0 Å². The van der Waals surface area contributed by atoms with Crippen molar-refractivity contribution in [3.8, 4) is 5.75 Å². The fourth-order valence-corrected chi connectivity index (χ4v) is 3.14. The SMILES string of the molecule is CCNC(=NCCCOc1c(C)cccc1C)NCCCOCC1CCOC1. The third-order valence-electron chi connectivity index (χ3n) is 4.71. The third-order valence-corrected chi connectivity index (χ3v) is 4.71. The topological polar surface area (TPSA) is 64.1 Å². The number of benzene rings is 1. The second kappa shape index (κ2) is 13.4. The maximum Gasteiger partial charge on any atom is 0.191 e. The highest BCUT2D eigenvalue weighted by atomic mass is 16.5. The molecule has 6 nitrogen and oxygen atoms in total. The predicted molar refractivity (Wildman–Crippen MR) is 114 cm³/mol. The highest BCUT2D eigenvalue weighted by Crippen LogP contribution is 2.22.